The van der Waals surface area contributed by atoms with E-state index in [9.17, 15) is 9.59 Å². The van der Waals surface area contributed by atoms with Gasteiger partial charge >= 0.3 is 0 Å². The summed E-state index contributed by atoms with van der Waals surface area (Å²) in [5, 5.41) is 9.50. The minimum atomic E-state index is -0.107. The second kappa shape index (κ2) is 9.79. The summed E-state index contributed by atoms with van der Waals surface area (Å²) in [5.41, 5.74) is 0.567. The van der Waals surface area contributed by atoms with Gasteiger partial charge in [-0.2, -0.15) is 0 Å². The first-order valence-electron chi connectivity index (χ1n) is 12.1. The fourth-order valence-electron chi connectivity index (χ4n) is 4.72. The van der Waals surface area contributed by atoms with E-state index in [0.29, 0.717) is 30.5 Å². The Kier molecular flexibility index (Phi) is 6.42. The molecule has 1 aromatic carbocycles. The van der Waals surface area contributed by atoms with Gasteiger partial charge < -0.3 is 14.7 Å². The largest absolute Gasteiger partial charge is 0.355 e. The molecule has 5 rings (SSSR count). The molecule has 2 aliphatic rings. The zero-order valence-electron chi connectivity index (χ0n) is 19.6. The fourth-order valence-corrected chi connectivity index (χ4v) is 4.72. The summed E-state index contributed by atoms with van der Waals surface area (Å²) in [6.07, 6.45) is 4.21. The van der Waals surface area contributed by atoms with Crippen LogP contribution in [0.3, 0.4) is 0 Å². The maximum absolute atomic E-state index is 12.8. The Labute approximate surface area is 199 Å². The van der Waals surface area contributed by atoms with Crippen LogP contribution < -0.4 is 15.4 Å². The van der Waals surface area contributed by atoms with Crippen molar-refractivity contribution in [3.05, 3.63) is 53.1 Å². The number of hydrogen-bond donors (Lipinski definition) is 0. The van der Waals surface area contributed by atoms with Crippen molar-refractivity contribution in [1.29, 1.82) is 0 Å². The topological polar surface area (TPSA) is 87.5 Å². The number of fused-ring (bicyclic) bond motifs is 1. The van der Waals surface area contributed by atoms with E-state index in [1.165, 1.54) is 23.7 Å². The van der Waals surface area contributed by atoms with Gasteiger partial charge in [0.15, 0.2) is 11.6 Å². The number of aryl methyl sites for hydroxylation is 1. The van der Waals surface area contributed by atoms with Gasteiger partial charge in [-0.25, -0.2) is 4.98 Å². The van der Waals surface area contributed by atoms with Gasteiger partial charge in [-0.15, -0.1) is 10.2 Å². The summed E-state index contributed by atoms with van der Waals surface area (Å²) < 4.78 is 1.52. The Morgan fingerprint density at radius 2 is 1.56 bits per heavy atom. The number of nitrogens with zero attached hydrogens (tertiary/aromatic N) is 7. The van der Waals surface area contributed by atoms with E-state index < -0.39 is 0 Å². The van der Waals surface area contributed by atoms with Gasteiger partial charge in [-0.1, -0.05) is 19.1 Å². The van der Waals surface area contributed by atoms with Gasteiger partial charge in [-0.3, -0.25) is 14.2 Å². The maximum atomic E-state index is 12.8. The van der Waals surface area contributed by atoms with Crippen LogP contribution in [0.1, 0.15) is 26.2 Å². The highest BCUT2D eigenvalue weighted by Gasteiger charge is 2.23. The zero-order chi connectivity index (χ0) is 23.5. The van der Waals surface area contributed by atoms with E-state index in [1.807, 2.05) is 29.2 Å². The normalized spacial score (nSPS) is 17.4. The quantitative estimate of drug-likeness (QED) is 0.575. The van der Waals surface area contributed by atoms with Crippen LogP contribution in [0, 0.1) is 5.92 Å². The Hall–Kier alpha value is -3.49. The molecule has 34 heavy (non-hydrogen) atoms. The lowest BCUT2D eigenvalue weighted by atomic mass is 9.99. The molecule has 2 fully saturated rings. The second-order valence-electron chi connectivity index (χ2n) is 9.30. The van der Waals surface area contributed by atoms with E-state index >= 15 is 0 Å². The molecule has 0 radical (unpaired) electrons. The highest BCUT2D eigenvalue weighted by atomic mass is 16.2. The van der Waals surface area contributed by atoms with Crippen LogP contribution in [-0.2, 0) is 11.3 Å². The molecule has 0 atom stereocenters. The molecule has 0 unspecified atom stereocenters. The first-order chi connectivity index (χ1) is 16.6. The Bertz CT molecular complexity index is 1190. The molecule has 178 valence electrons. The molecule has 9 nitrogen and oxygen atoms in total. The first-order valence-corrected chi connectivity index (χ1v) is 12.1. The third-order valence-electron chi connectivity index (χ3n) is 7.00. The molecular weight excluding hydrogens is 430 g/mol. The highest BCUT2D eigenvalue weighted by molar-refractivity contribution is 5.77. The van der Waals surface area contributed by atoms with Crippen molar-refractivity contribution in [3.63, 3.8) is 0 Å². The van der Waals surface area contributed by atoms with E-state index in [0.717, 1.165) is 43.7 Å². The SMILES string of the molecule is CC1CCN(c2ccc(N3CCN(C(=O)CCn4cnc5ccccc5c4=O)CC3)nn2)CC1. The fraction of sp³-hybridized carbons (Fsp3) is 0.480. The molecule has 9 heteroatoms. The van der Waals surface area contributed by atoms with Crippen LogP contribution in [0.2, 0.25) is 0 Å². The molecule has 2 aromatic heterocycles. The van der Waals surface area contributed by atoms with Crippen molar-refractivity contribution in [2.45, 2.75) is 32.7 Å². The Morgan fingerprint density at radius 3 is 2.24 bits per heavy atom. The second-order valence-corrected chi connectivity index (χ2v) is 9.30. The van der Waals surface area contributed by atoms with Crippen molar-refractivity contribution in [2.24, 2.45) is 5.92 Å². The molecule has 0 bridgehead atoms. The first kappa shape index (κ1) is 22.3. The molecule has 2 saturated heterocycles. The number of amides is 1. The third kappa shape index (κ3) is 4.73. The lowest BCUT2D eigenvalue weighted by Crippen LogP contribution is -2.49. The van der Waals surface area contributed by atoms with Crippen molar-refractivity contribution in [2.75, 3.05) is 49.1 Å². The van der Waals surface area contributed by atoms with Crippen LogP contribution in [0.5, 0.6) is 0 Å². The number of carbonyl (C=O) groups is 1. The standard InChI is InChI=1S/C25H31N7O2/c1-19-8-11-29(12-9-19)22-6-7-23(28-27-22)30-14-16-31(17-15-30)24(33)10-13-32-18-26-21-5-3-2-4-20(21)25(32)34/h2-7,18-19H,8-17H2,1H3. The number of carbonyl (C=O) groups excluding carboxylic acids is 1. The van der Waals surface area contributed by atoms with Gasteiger partial charge in [0.1, 0.15) is 0 Å². The minimum absolute atomic E-state index is 0.0560. The lowest BCUT2D eigenvalue weighted by Gasteiger charge is -2.35. The molecule has 1 amide bonds. The summed E-state index contributed by atoms with van der Waals surface area (Å²) in [7, 11) is 0. The molecule has 4 heterocycles. The summed E-state index contributed by atoms with van der Waals surface area (Å²) in [6, 6.07) is 11.4. The number of anilines is 2. The number of piperidine rings is 1. The Balaban J connectivity index is 1.13. The summed E-state index contributed by atoms with van der Waals surface area (Å²) >= 11 is 0. The molecule has 0 saturated carbocycles. The average molecular weight is 462 g/mol. The van der Waals surface area contributed by atoms with Crippen LogP contribution >= 0.6 is 0 Å². The Morgan fingerprint density at radius 1 is 0.912 bits per heavy atom. The third-order valence-corrected chi connectivity index (χ3v) is 7.00. The molecule has 2 aliphatic heterocycles. The predicted octanol–water partition coefficient (Wildman–Crippen LogP) is 2.16. The zero-order valence-corrected chi connectivity index (χ0v) is 19.6. The molecule has 0 aliphatic carbocycles. The van der Waals surface area contributed by atoms with Crippen molar-refractivity contribution < 1.29 is 4.79 Å². The number of rotatable bonds is 5. The van der Waals surface area contributed by atoms with E-state index in [4.69, 9.17) is 0 Å². The smallest absolute Gasteiger partial charge is 0.261 e. The van der Waals surface area contributed by atoms with Gasteiger partial charge in [0.25, 0.3) is 5.56 Å². The van der Waals surface area contributed by atoms with E-state index in [2.05, 4.69) is 38.0 Å². The summed E-state index contributed by atoms with van der Waals surface area (Å²) in [5.74, 6) is 2.64. The summed E-state index contributed by atoms with van der Waals surface area (Å²) in [6.45, 7) is 7.43. The molecule has 0 N–H and O–H groups in total. The van der Waals surface area contributed by atoms with Crippen LogP contribution in [0.25, 0.3) is 10.9 Å². The molecule has 3 aromatic rings. The molecular formula is C25H31N7O2. The lowest BCUT2D eigenvalue weighted by molar-refractivity contribution is -0.131. The van der Waals surface area contributed by atoms with Crippen molar-refractivity contribution in [3.8, 4) is 0 Å². The van der Waals surface area contributed by atoms with Crippen molar-refractivity contribution in [1.82, 2.24) is 24.6 Å². The van der Waals surface area contributed by atoms with Gasteiger partial charge in [-0.05, 0) is 43.0 Å². The number of piperazine rings is 1. The van der Waals surface area contributed by atoms with Crippen molar-refractivity contribution >= 4 is 28.4 Å². The van der Waals surface area contributed by atoms with Crippen LogP contribution in [-0.4, -0.2) is 69.8 Å². The molecule has 0 spiro atoms. The maximum Gasteiger partial charge on any atom is 0.261 e. The minimum Gasteiger partial charge on any atom is -0.355 e. The van der Waals surface area contributed by atoms with Crippen LogP contribution in [0.4, 0.5) is 11.6 Å². The van der Waals surface area contributed by atoms with Gasteiger partial charge in [0.2, 0.25) is 5.91 Å². The number of benzene rings is 1. The number of hydrogen-bond acceptors (Lipinski definition) is 7. The van der Waals surface area contributed by atoms with Crippen LogP contribution in [0.15, 0.2) is 47.5 Å². The van der Waals surface area contributed by atoms with E-state index in [1.54, 1.807) is 6.07 Å². The number of aromatic nitrogens is 4. The number of para-hydroxylation sites is 1. The predicted molar refractivity (Wildman–Crippen MR) is 132 cm³/mol. The summed E-state index contributed by atoms with van der Waals surface area (Å²) in [4.78, 5) is 36.1. The highest BCUT2D eigenvalue weighted by Crippen LogP contribution is 2.22. The van der Waals surface area contributed by atoms with E-state index in [-0.39, 0.29) is 17.9 Å². The van der Waals surface area contributed by atoms with Gasteiger partial charge in [0.05, 0.1) is 17.2 Å². The van der Waals surface area contributed by atoms with Gasteiger partial charge in [0, 0.05) is 52.2 Å². The monoisotopic (exact) mass is 461 g/mol. The average Bonchev–Trinajstić information content (AvgIpc) is 2.89.